The lowest BCUT2D eigenvalue weighted by atomic mass is 9.82. The molecule has 1 aromatic rings. The minimum Gasteiger partial charge on any atom is -0.465 e. The summed E-state index contributed by atoms with van der Waals surface area (Å²) in [5.74, 6) is 6.07. The molecule has 0 spiro atoms. The third-order valence-corrected chi connectivity index (χ3v) is 7.67. The topological polar surface area (TPSA) is 76.2 Å². The molecule has 2 aliphatic rings. The summed E-state index contributed by atoms with van der Waals surface area (Å²) in [6.07, 6.45) is 4.06. The fourth-order valence-electron chi connectivity index (χ4n) is 4.64. The molecule has 0 N–H and O–H groups in total. The van der Waals surface area contributed by atoms with E-state index in [0.717, 1.165) is 25.7 Å². The molecule has 2 heterocycles. The van der Waals surface area contributed by atoms with Gasteiger partial charge in [0.1, 0.15) is 10.9 Å². The van der Waals surface area contributed by atoms with Gasteiger partial charge in [-0.15, -0.1) is 11.3 Å². The molecule has 35 heavy (non-hydrogen) atoms. The Labute approximate surface area is 213 Å². The molecule has 1 aromatic heterocycles. The van der Waals surface area contributed by atoms with Crippen molar-refractivity contribution >= 4 is 34.8 Å². The molecule has 1 atom stereocenters. The van der Waals surface area contributed by atoms with Gasteiger partial charge in [0.2, 0.25) is 11.8 Å². The lowest BCUT2D eigenvalue weighted by Gasteiger charge is -2.34. The van der Waals surface area contributed by atoms with Gasteiger partial charge in [-0.3, -0.25) is 14.5 Å². The lowest BCUT2D eigenvalue weighted by molar-refractivity contribution is -0.132. The van der Waals surface area contributed by atoms with Crippen LogP contribution in [0.2, 0.25) is 0 Å². The zero-order valence-electron chi connectivity index (χ0n) is 21.8. The summed E-state index contributed by atoms with van der Waals surface area (Å²) in [5.41, 5.74) is 0.225. The number of carbonyl (C=O) groups excluding carboxylic acids is 3. The second-order valence-electron chi connectivity index (χ2n) is 10.6. The molecule has 1 saturated carbocycles. The molecule has 1 aliphatic heterocycles. The quantitative estimate of drug-likeness (QED) is 0.410. The number of hydrogen-bond acceptors (Lipinski definition) is 6. The van der Waals surface area contributed by atoms with Crippen LogP contribution in [-0.2, 0) is 19.1 Å². The van der Waals surface area contributed by atoms with E-state index >= 15 is 0 Å². The highest BCUT2D eigenvalue weighted by molar-refractivity contribution is 7.15. The van der Waals surface area contributed by atoms with E-state index in [2.05, 4.69) is 18.8 Å². The second kappa shape index (κ2) is 11.6. The molecule has 2 fully saturated rings. The first-order valence-corrected chi connectivity index (χ1v) is 13.2. The van der Waals surface area contributed by atoms with Crippen molar-refractivity contribution in [2.45, 2.75) is 65.8 Å². The number of esters is 1. The Bertz CT molecular complexity index is 991. The molecule has 2 amide bonds. The van der Waals surface area contributed by atoms with Crippen LogP contribution in [0.3, 0.4) is 0 Å². The summed E-state index contributed by atoms with van der Waals surface area (Å²) in [6, 6.07) is 1.13. The summed E-state index contributed by atoms with van der Waals surface area (Å²) < 4.78 is 10.2. The van der Waals surface area contributed by atoms with Crippen molar-refractivity contribution in [1.82, 2.24) is 4.90 Å². The monoisotopic (exact) mass is 502 g/mol. The number of nitrogens with zero attached hydrogens (tertiary/aromatic N) is 2. The molecule has 1 saturated heterocycles. The van der Waals surface area contributed by atoms with Crippen molar-refractivity contribution < 1.29 is 23.9 Å². The van der Waals surface area contributed by atoms with Gasteiger partial charge in [0.15, 0.2) is 0 Å². The number of hydrogen-bond donors (Lipinski definition) is 0. The number of thiophene rings is 1. The zero-order chi connectivity index (χ0) is 25.8. The van der Waals surface area contributed by atoms with Crippen LogP contribution in [0.5, 0.6) is 0 Å². The highest BCUT2D eigenvalue weighted by atomic mass is 32.1. The summed E-state index contributed by atoms with van der Waals surface area (Å²) in [6.45, 7) is 9.72. The molecule has 192 valence electrons. The average Bonchev–Trinajstić information content (AvgIpc) is 3.40. The molecule has 0 radical (unpaired) electrons. The van der Waals surface area contributed by atoms with Crippen molar-refractivity contribution in [2.24, 2.45) is 17.3 Å². The summed E-state index contributed by atoms with van der Waals surface area (Å²) in [4.78, 5) is 44.5. The minimum absolute atomic E-state index is 0.0814. The van der Waals surface area contributed by atoms with Crippen LogP contribution in [-0.4, -0.2) is 62.6 Å². The molecule has 0 bridgehead atoms. The third kappa shape index (κ3) is 6.65. The first kappa shape index (κ1) is 27.2. The van der Waals surface area contributed by atoms with E-state index in [4.69, 9.17) is 9.47 Å². The van der Waals surface area contributed by atoms with Crippen LogP contribution in [0.15, 0.2) is 6.07 Å². The van der Waals surface area contributed by atoms with Gasteiger partial charge in [-0.2, -0.15) is 0 Å². The number of amides is 2. The highest BCUT2D eigenvalue weighted by Crippen LogP contribution is 2.38. The SMILES string of the molecule is COCCN1CC[C@H](N(c2cc(C#CC(C)(C)C)sc2C(=O)OC)C(=O)[C@H]2CC[C@H](C)CC2)C1=O. The van der Waals surface area contributed by atoms with E-state index < -0.39 is 12.0 Å². The Hall–Kier alpha value is -2.37. The first-order chi connectivity index (χ1) is 16.6. The first-order valence-electron chi connectivity index (χ1n) is 12.4. The maximum absolute atomic E-state index is 14.0. The van der Waals surface area contributed by atoms with Gasteiger partial charge < -0.3 is 14.4 Å². The van der Waals surface area contributed by atoms with E-state index in [1.807, 2.05) is 20.8 Å². The van der Waals surface area contributed by atoms with Gasteiger partial charge in [-0.05, 0) is 64.9 Å². The molecule has 1 aliphatic carbocycles. The van der Waals surface area contributed by atoms with Gasteiger partial charge >= 0.3 is 5.97 Å². The number of rotatable bonds is 7. The Morgan fingerprint density at radius 2 is 1.86 bits per heavy atom. The molecule has 0 unspecified atom stereocenters. The normalized spacial score (nSPS) is 22.5. The molecule has 7 nitrogen and oxygen atoms in total. The van der Waals surface area contributed by atoms with Crippen molar-refractivity contribution in [3.63, 3.8) is 0 Å². The Morgan fingerprint density at radius 1 is 1.17 bits per heavy atom. The predicted molar refractivity (Wildman–Crippen MR) is 137 cm³/mol. The number of likely N-dealkylation sites (tertiary alicyclic amines) is 1. The van der Waals surface area contributed by atoms with Crippen LogP contribution in [0.25, 0.3) is 0 Å². The van der Waals surface area contributed by atoms with Gasteiger partial charge in [0, 0.05) is 31.5 Å². The van der Waals surface area contributed by atoms with Gasteiger partial charge in [0.25, 0.3) is 0 Å². The van der Waals surface area contributed by atoms with Crippen molar-refractivity contribution in [1.29, 1.82) is 0 Å². The van der Waals surface area contributed by atoms with Gasteiger partial charge in [-0.1, -0.05) is 18.8 Å². The molecular weight excluding hydrogens is 464 g/mol. The Morgan fingerprint density at radius 3 is 2.46 bits per heavy atom. The number of ether oxygens (including phenoxy) is 2. The molecule has 8 heteroatoms. The standard InChI is InChI=1S/C27H38N2O5S/c1-18-7-9-19(10-8-18)24(30)29(21-12-14-28(25(21)31)15-16-33-5)22-17-20(11-13-27(2,3)4)35-23(22)26(32)34-6/h17-19,21H,7-10,12,14-16H2,1-6H3/t18-,19-,21-/m0/s1. The molecule has 3 rings (SSSR count). The number of anilines is 1. The number of carbonyl (C=O) groups is 3. The Balaban J connectivity index is 2.05. The van der Waals surface area contributed by atoms with Crippen LogP contribution >= 0.6 is 11.3 Å². The molecular formula is C27H38N2O5S. The third-order valence-electron chi connectivity index (χ3n) is 6.65. The van der Waals surface area contributed by atoms with Crippen LogP contribution in [0.4, 0.5) is 5.69 Å². The maximum Gasteiger partial charge on any atom is 0.350 e. The smallest absolute Gasteiger partial charge is 0.350 e. The lowest BCUT2D eigenvalue weighted by Crippen LogP contribution is -2.49. The van der Waals surface area contributed by atoms with Crippen molar-refractivity contribution in [3.8, 4) is 11.8 Å². The second-order valence-corrected chi connectivity index (χ2v) is 11.7. The number of methoxy groups -OCH3 is 2. The van der Waals surface area contributed by atoms with Crippen LogP contribution < -0.4 is 4.90 Å². The molecule has 0 aromatic carbocycles. The fourth-order valence-corrected chi connectivity index (χ4v) is 5.56. The largest absolute Gasteiger partial charge is 0.465 e. The van der Waals surface area contributed by atoms with Gasteiger partial charge in [0.05, 0.1) is 24.3 Å². The van der Waals surface area contributed by atoms with Crippen LogP contribution in [0, 0.1) is 29.1 Å². The van der Waals surface area contributed by atoms with Crippen LogP contribution in [0.1, 0.15) is 74.3 Å². The highest BCUT2D eigenvalue weighted by Gasteiger charge is 2.43. The van der Waals surface area contributed by atoms with E-state index in [1.54, 1.807) is 23.0 Å². The van der Waals surface area contributed by atoms with Crippen molar-refractivity contribution in [2.75, 3.05) is 38.8 Å². The van der Waals surface area contributed by atoms with E-state index in [-0.39, 0.29) is 23.1 Å². The van der Waals surface area contributed by atoms with E-state index in [9.17, 15) is 14.4 Å². The average molecular weight is 503 g/mol. The summed E-state index contributed by atoms with van der Waals surface area (Å²) in [5, 5.41) is 0. The minimum atomic E-state index is -0.653. The predicted octanol–water partition coefficient (Wildman–Crippen LogP) is 4.34. The van der Waals surface area contributed by atoms with Crippen molar-refractivity contribution in [3.05, 3.63) is 15.8 Å². The maximum atomic E-state index is 14.0. The zero-order valence-corrected chi connectivity index (χ0v) is 22.6. The fraction of sp³-hybridized carbons (Fsp3) is 0.667. The summed E-state index contributed by atoms with van der Waals surface area (Å²) in [7, 11) is 2.93. The van der Waals surface area contributed by atoms with E-state index in [1.165, 1.54) is 18.4 Å². The Kier molecular flexibility index (Phi) is 9.00. The van der Waals surface area contributed by atoms with E-state index in [0.29, 0.717) is 47.5 Å². The van der Waals surface area contributed by atoms with Gasteiger partial charge in [-0.25, -0.2) is 4.79 Å². The summed E-state index contributed by atoms with van der Waals surface area (Å²) >= 11 is 1.21.